The molecule has 0 saturated heterocycles. The summed E-state index contributed by atoms with van der Waals surface area (Å²) in [6.45, 7) is 6.83. The van der Waals surface area contributed by atoms with Crippen LogP contribution in [0.25, 0.3) is 0 Å². The standard InChI is InChI=1S/C11H24N2/c1-4-11(7-5-6-8-11)10(13-12)9(2)3/h9-10,13H,4-8,12H2,1-3H3. The summed E-state index contributed by atoms with van der Waals surface area (Å²) < 4.78 is 0. The van der Waals surface area contributed by atoms with Crippen molar-refractivity contribution in [3.8, 4) is 0 Å². The van der Waals surface area contributed by atoms with Gasteiger partial charge in [0.2, 0.25) is 0 Å². The Labute approximate surface area is 82.2 Å². The molecule has 78 valence electrons. The highest BCUT2D eigenvalue weighted by Crippen LogP contribution is 2.45. The summed E-state index contributed by atoms with van der Waals surface area (Å²) in [5.74, 6) is 6.31. The van der Waals surface area contributed by atoms with E-state index in [1.165, 1.54) is 32.1 Å². The molecule has 2 heteroatoms. The first-order valence-corrected chi connectivity index (χ1v) is 5.62. The molecule has 2 nitrogen and oxygen atoms in total. The molecular weight excluding hydrogens is 160 g/mol. The fourth-order valence-electron chi connectivity index (χ4n) is 3.04. The largest absolute Gasteiger partial charge is 0.271 e. The first-order valence-electron chi connectivity index (χ1n) is 5.62. The summed E-state index contributed by atoms with van der Waals surface area (Å²) in [4.78, 5) is 0. The lowest BCUT2D eigenvalue weighted by Gasteiger charge is -2.39. The van der Waals surface area contributed by atoms with Crippen molar-refractivity contribution >= 4 is 0 Å². The second-order valence-corrected chi connectivity index (χ2v) is 4.81. The van der Waals surface area contributed by atoms with Crippen molar-refractivity contribution in [3.63, 3.8) is 0 Å². The zero-order valence-corrected chi connectivity index (χ0v) is 9.27. The molecular formula is C11H24N2. The van der Waals surface area contributed by atoms with Crippen LogP contribution in [0.3, 0.4) is 0 Å². The van der Waals surface area contributed by atoms with E-state index in [0.717, 1.165) is 0 Å². The van der Waals surface area contributed by atoms with Crippen LogP contribution < -0.4 is 11.3 Å². The van der Waals surface area contributed by atoms with Gasteiger partial charge in [0.1, 0.15) is 0 Å². The highest BCUT2D eigenvalue weighted by Gasteiger charge is 2.40. The highest BCUT2D eigenvalue weighted by molar-refractivity contribution is 4.94. The van der Waals surface area contributed by atoms with Gasteiger partial charge < -0.3 is 0 Å². The molecule has 1 rings (SSSR count). The zero-order valence-electron chi connectivity index (χ0n) is 9.27. The topological polar surface area (TPSA) is 38.0 Å². The molecule has 0 radical (unpaired) electrons. The summed E-state index contributed by atoms with van der Waals surface area (Å²) in [5, 5.41) is 0. The highest BCUT2D eigenvalue weighted by atomic mass is 15.2. The first-order chi connectivity index (χ1) is 6.16. The van der Waals surface area contributed by atoms with Crippen molar-refractivity contribution in [2.75, 3.05) is 0 Å². The minimum Gasteiger partial charge on any atom is -0.271 e. The second kappa shape index (κ2) is 4.43. The summed E-state index contributed by atoms with van der Waals surface area (Å²) >= 11 is 0. The van der Waals surface area contributed by atoms with E-state index in [-0.39, 0.29) is 0 Å². The molecule has 1 aliphatic rings. The Hall–Kier alpha value is -0.0800. The molecule has 1 saturated carbocycles. The third kappa shape index (κ3) is 2.05. The molecule has 0 aromatic rings. The molecule has 0 aromatic carbocycles. The second-order valence-electron chi connectivity index (χ2n) is 4.81. The predicted molar refractivity (Wildman–Crippen MR) is 57.1 cm³/mol. The maximum Gasteiger partial charge on any atom is 0.0289 e. The Kier molecular flexibility index (Phi) is 3.74. The Morgan fingerprint density at radius 1 is 1.31 bits per heavy atom. The average Bonchev–Trinajstić information content (AvgIpc) is 2.55. The fraction of sp³-hybridized carbons (Fsp3) is 1.00. The molecule has 1 aliphatic carbocycles. The van der Waals surface area contributed by atoms with E-state index < -0.39 is 0 Å². The van der Waals surface area contributed by atoms with Crippen molar-refractivity contribution in [1.29, 1.82) is 0 Å². The minimum atomic E-state index is 0.489. The van der Waals surface area contributed by atoms with Crippen molar-refractivity contribution in [3.05, 3.63) is 0 Å². The lowest BCUT2D eigenvalue weighted by molar-refractivity contribution is 0.146. The minimum absolute atomic E-state index is 0.489. The van der Waals surface area contributed by atoms with Crippen LogP contribution in [0.15, 0.2) is 0 Å². The van der Waals surface area contributed by atoms with Crippen LogP contribution in [0.5, 0.6) is 0 Å². The molecule has 0 aliphatic heterocycles. The smallest absolute Gasteiger partial charge is 0.0289 e. The summed E-state index contributed by atoms with van der Waals surface area (Å²) in [6, 6.07) is 0.500. The van der Waals surface area contributed by atoms with Crippen LogP contribution in [-0.4, -0.2) is 6.04 Å². The van der Waals surface area contributed by atoms with Gasteiger partial charge in [0.05, 0.1) is 0 Å². The van der Waals surface area contributed by atoms with Gasteiger partial charge in [-0.05, 0) is 30.6 Å². The Morgan fingerprint density at radius 2 is 1.85 bits per heavy atom. The average molecular weight is 184 g/mol. The summed E-state index contributed by atoms with van der Waals surface area (Å²) in [5.41, 5.74) is 3.52. The van der Waals surface area contributed by atoms with E-state index in [4.69, 9.17) is 5.84 Å². The number of nitrogens with one attached hydrogen (secondary N) is 1. The van der Waals surface area contributed by atoms with Crippen LogP contribution in [0.4, 0.5) is 0 Å². The van der Waals surface area contributed by atoms with E-state index >= 15 is 0 Å². The number of rotatable bonds is 4. The molecule has 0 amide bonds. The molecule has 0 bridgehead atoms. The van der Waals surface area contributed by atoms with Crippen LogP contribution in [0, 0.1) is 11.3 Å². The Bertz CT molecular complexity index is 148. The molecule has 0 spiro atoms. The van der Waals surface area contributed by atoms with E-state index in [1.807, 2.05) is 0 Å². The van der Waals surface area contributed by atoms with Crippen LogP contribution in [0.2, 0.25) is 0 Å². The van der Waals surface area contributed by atoms with Crippen LogP contribution in [-0.2, 0) is 0 Å². The Morgan fingerprint density at radius 3 is 2.15 bits per heavy atom. The van der Waals surface area contributed by atoms with Gasteiger partial charge >= 0.3 is 0 Å². The molecule has 1 atom stereocenters. The van der Waals surface area contributed by atoms with Crippen LogP contribution in [0.1, 0.15) is 52.9 Å². The zero-order chi connectivity index (χ0) is 9.90. The van der Waals surface area contributed by atoms with Gasteiger partial charge in [-0.3, -0.25) is 11.3 Å². The molecule has 3 N–H and O–H groups in total. The van der Waals surface area contributed by atoms with Gasteiger partial charge in [0.25, 0.3) is 0 Å². The van der Waals surface area contributed by atoms with Crippen molar-refractivity contribution in [1.82, 2.24) is 5.43 Å². The van der Waals surface area contributed by atoms with E-state index in [1.54, 1.807) is 0 Å². The molecule has 13 heavy (non-hydrogen) atoms. The SMILES string of the molecule is CCC1(C(NN)C(C)C)CCCC1. The van der Waals surface area contributed by atoms with E-state index in [9.17, 15) is 0 Å². The van der Waals surface area contributed by atoms with Gasteiger partial charge in [0.15, 0.2) is 0 Å². The van der Waals surface area contributed by atoms with Crippen LogP contribution >= 0.6 is 0 Å². The van der Waals surface area contributed by atoms with E-state index in [2.05, 4.69) is 26.2 Å². The summed E-state index contributed by atoms with van der Waals surface area (Å²) in [7, 11) is 0. The monoisotopic (exact) mass is 184 g/mol. The number of hydrazine groups is 1. The molecule has 0 heterocycles. The first kappa shape index (κ1) is 11.0. The lowest BCUT2D eigenvalue weighted by Crippen LogP contribution is -2.50. The predicted octanol–water partition coefficient (Wildman–Crippen LogP) is 2.44. The van der Waals surface area contributed by atoms with Crippen molar-refractivity contribution < 1.29 is 0 Å². The van der Waals surface area contributed by atoms with Crippen molar-refractivity contribution in [2.45, 2.75) is 58.9 Å². The van der Waals surface area contributed by atoms with Gasteiger partial charge in [-0.15, -0.1) is 0 Å². The maximum atomic E-state index is 5.66. The van der Waals surface area contributed by atoms with Gasteiger partial charge in [0, 0.05) is 6.04 Å². The number of hydrogen-bond donors (Lipinski definition) is 2. The van der Waals surface area contributed by atoms with Gasteiger partial charge in [-0.2, -0.15) is 0 Å². The number of nitrogens with two attached hydrogens (primary N) is 1. The Balaban J connectivity index is 2.72. The lowest BCUT2D eigenvalue weighted by atomic mass is 9.72. The summed E-state index contributed by atoms with van der Waals surface area (Å²) in [6.07, 6.45) is 6.75. The van der Waals surface area contributed by atoms with E-state index in [0.29, 0.717) is 17.4 Å². The molecule has 1 unspecified atom stereocenters. The molecule has 1 fully saturated rings. The van der Waals surface area contributed by atoms with Gasteiger partial charge in [-0.1, -0.05) is 33.6 Å². The quantitative estimate of drug-likeness (QED) is 0.520. The van der Waals surface area contributed by atoms with Crippen molar-refractivity contribution in [2.24, 2.45) is 17.2 Å². The third-order valence-corrected chi connectivity index (χ3v) is 3.81. The van der Waals surface area contributed by atoms with Gasteiger partial charge in [-0.25, -0.2) is 0 Å². The maximum absolute atomic E-state index is 5.66. The third-order valence-electron chi connectivity index (χ3n) is 3.81. The molecule has 0 aromatic heterocycles. The fourth-order valence-corrected chi connectivity index (χ4v) is 3.04. The normalized spacial score (nSPS) is 23.8. The number of hydrogen-bond acceptors (Lipinski definition) is 2.